The van der Waals surface area contributed by atoms with Gasteiger partial charge in [0.2, 0.25) is 0 Å². The molecule has 0 aliphatic carbocycles. The van der Waals surface area contributed by atoms with E-state index in [1.54, 1.807) is 0 Å². The summed E-state index contributed by atoms with van der Waals surface area (Å²) < 4.78 is 4.84. The Bertz CT molecular complexity index is 348. The van der Waals surface area contributed by atoms with Crippen LogP contribution in [0.5, 0.6) is 0 Å². The molecule has 148 valence electrons. The lowest BCUT2D eigenvalue weighted by molar-refractivity contribution is -0.168. The molecule has 0 saturated carbocycles. The van der Waals surface area contributed by atoms with Crippen molar-refractivity contribution in [3.8, 4) is 0 Å². The fraction of sp³-hybridized carbons (Fsp3) is 0.889. The Morgan fingerprint density at radius 1 is 0.920 bits per heavy atom. The number of aliphatic hydroxyl groups is 4. The minimum Gasteiger partial charge on any atom is -0.452 e. The van der Waals surface area contributed by atoms with Crippen molar-refractivity contribution in [1.82, 2.24) is 0 Å². The van der Waals surface area contributed by atoms with Gasteiger partial charge < -0.3 is 25.2 Å². The molecule has 0 aromatic heterocycles. The quantitative estimate of drug-likeness (QED) is 0.184. The van der Waals surface area contributed by atoms with E-state index < -0.39 is 37.0 Å². The number of esters is 1. The highest BCUT2D eigenvalue weighted by atomic mass is 16.6. The third-order valence-electron chi connectivity index (χ3n) is 4.15. The van der Waals surface area contributed by atoms with Gasteiger partial charge in [-0.3, -0.25) is 9.59 Å². The van der Waals surface area contributed by atoms with E-state index in [1.807, 2.05) is 0 Å². The van der Waals surface area contributed by atoms with E-state index in [1.165, 1.54) is 32.1 Å². The molecular weight excluding hydrogens is 328 g/mol. The normalized spacial score (nSPS) is 16.0. The monoisotopic (exact) mass is 362 g/mol. The van der Waals surface area contributed by atoms with Crippen LogP contribution in [0.4, 0.5) is 0 Å². The van der Waals surface area contributed by atoms with Crippen molar-refractivity contribution in [1.29, 1.82) is 0 Å². The Kier molecular flexibility index (Phi) is 14.6. The molecule has 4 N–H and O–H groups in total. The molecule has 0 spiro atoms. The Morgan fingerprint density at radius 2 is 1.44 bits per heavy atom. The lowest BCUT2D eigenvalue weighted by Crippen LogP contribution is -2.48. The van der Waals surface area contributed by atoms with Crippen molar-refractivity contribution in [3.63, 3.8) is 0 Å². The van der Waals surface area contributed by atoms with E-state index in [9.17, 15) is 24.9 Å². The van der Waals surface area contributed by atoms with Gasteiger partial charge in [0.05, 0.1) is 6.61 Å². The van der Waals surface area contributed by atoms with Crippen LogP contribution in [0.2, 0.25) is 0 Å². The number of carbonyl (C=O) groups excluding carboxylic acids is 2. The molecule has 7 heteroatoms. The molecule has 0 saturated heterocycles. The minimum absolute atomic E-state index is 0.130. The third-order valence-corrected chi connectivity index (χ3v) is 4.15. The average molecular weight is 362 g/mol. The Morgan fingerprint density at radius 3 is 1.92 bits per heavy atom. The number of aliphatic hydroxyl groups excluding tert-OH is 4. The number of hydrogen-bond donors (Lipinski definition) is 4. The van der Waals surface area contributed by atoms with Crippen LogP contribution in [-0.4, -0.2) is 63.7 Å². The number of ether oxygens (including phenoxy) is 1. The smallest absolute Gasteiger partial charge is 0.306 e. The zero-order chi connectivity index (χ0) is 19.1. The maximum Gasteiger partial charge on any atom is 0.306 e. The molecule has 0 heterocycles. The van der Waals surface area contributed by atoms with Gasteiger partial charge in [0.15, 0.2) is 12.4 Å². The van der Waals surface area contributed by atoms with Crippen LogP contribution in [0.15, 0.2) is 0 Å². The summed E-state index contributed by atoms with van der Waals surface area (Å²) in [6.07, 6.45) is 3.52. The van der Waals surface area contributed by atoms with E-state index in [4.69, 9.17) is 9.84 Å². The molecule has 0 aromatic carbocycles. The molecule has 0 aromatic rings. The highest BCUT2D eigenvalue weighted by molar-refractivity contribution is 5.72. The van der Waals surface area contributed by atoms with E-state index in [2.05, 4.69) is 6.92 Å². The topological polar surface area (TPSA) is 124 Å². The van der Waals surface area contributed by atoms with Crippen LogP contribution in [0.3, 0.4) is 0 Å². The van der Waals surface area contributed by atoms with Crippen LogP contribution in [0, 0.1) is 0 Å². The van der Waals surface area contributed by atoms with Crippen LogP contribution in [0.1, 0.15) is 71.1 Å². The van der Waals surface area contributed by atoms with Gasteiger partial charge in [-0.05, 0) is 6.42 Å². The first-order valence-electron chi connectivity index (χ1n) is 9.27. The fourth-order valence-electron chi connectivity index (χ4n) is 2.50. The van der Waals surface area contributed by atoms with Gasteiger partial charge in [0.1, 0.15) is 18.3 Å². The number of aldehydes is 1. The largest absolute Gasteiger partial charge is 0.452 e. The number of carbonyl (C=O) groups is 2. The molecular formula is C18H34O7. The third kappa shape index (κ3) is 11.3. The van der Waals surface area contributed by atoms with Crippen LogP contribution in [-0.2, 0) is 14.3 Å². The maximum atomic E-state index is 11.7. The Hall–Kier alpha value is -1.02. The van der Waals surface area contributed by atoms with Gasteiger partial charge >= 0.3 is 5.97 Å². The van der Waals surface area contributed by atoms with Gasteiger partial charge in [-0.15, -0.1) is 0 Å². The van der Waals surface area contributed by atoms with Gasteiger partial charge in [-0.2, -0.15) is 0 Å². The number of rotatable bonds is 16. The van der Waals surface area contributed by atoms with Crippen molar-refractivity contribution in [2.24, 2.45) is 0 Å². The van der Waals surface area contributed by atoms with Crippen molar-refractivity contribution in [2.45, 2.75) is 95.5 Å². The number of unbranched alkanes of at least 4 members (excludes halogenated alkanes) is 8. The van der Waals surface area contributed by atoms with Crippen molar-refractivity contribution in [2.75, 3.05) is 6.61 Å². The fourth-order valence-corrected chi connectivity index (χ4v) is 2.50. The molecule has 0 aliphatic rings. The zero-order valence-corrected chi connectivity index (χ0v) is 15.2. The summed E-state index contributed by atoms with van der Waals surface area (Å²) in [6, 6.07) is 0. The second-order valence-corrected chi connectivity index (χ2v) is 6.40. The lowest BCUT2D eigenvalue weighted by Gasteiger charge is -2.25. The molecule has 7 nitrogen and oxygen atoms in total. The first-order chi connectivity index (χ1) is 12.0. The predicted molar refractivity (Wildman–Crippen MR) is 92.9 cm³/mol. The van der Waals surface area contributed by atoms with Crippen molar-refractivity contribution < 1.29 is 34.8 Å². The van der Waals surface area contributed by atoms with Gasteiger partial charge in [0, 0.05) is 6.42 Å². The van der Waals surface area contributed by atoms with E-state index in [0.29, 0.717) is 6.42 Å². The van der Waals surface area contributed by atoms with Crippen LogP contribution >= 0.6 is 0 Å². The van der Waals surface area contributed by atoms with Crippen LogP contribution < -0.4 is 0 Å². The van der Waals surface area contributed by atoms with Gasteiger partial charge in [-0.25, -0.2) is 0 Å². The first-order valence-corrected chi connectivity index (χ1v) is 9.27. The highest BCUT2D eigenvalue weighted by Crippen LogP contribution is 2.12. The Balaban J connectivity index is 3.89. The molecule has 4 atom stereocenters. The van der Waals surface area contributed by atoms with E-state index in [-0.39, 0.29) is 12.7 Å². The molecule has 0 amide bonds. The lowest BCUT2D eigenvalue weighted by atomic mass is 10.0. The standard InChI is InChI=1S/C18H34O7/c1-2-3-4-5-6-7-8-9-10-11-16(22)25-15(13-20)18(24)17(23)14(21)12-19/h13-15,17-19,21,23-24H,2-12H2,1H3/t14-,15+,17+,18-/m1/s1. The van der Waals surface area contributed by atoms with Crippen molar-refractivity contribution in [3.05, 3.63) is 0 Å². The van der Waals surface area contributed by atoms with Gasteiger partial charge in [0.25, 0.3) is 0 Å². The second-order valence-electron chi connectivity index (χ2n) is 6.40. The number of hydrogen-bond acceptors (Lipinski definition) is 7. The highest BCUT2D eigenvalue weighted by Gasteiger charge is 2.33. The van der Waals surface area contributed by atoms with E-state index in [0.717, 1.165) is 19.3 Å². The predicted octanol–water partition coefficient (Wildman–Crippen LogP) is 1.09. The van der Waals surface area contributed by atoms with Gasteiger partial charge in [-0.1, -0.05) is 58.3 Å². The van der Waals surface area contributed by atoms with Crippen LogP contribution in [0.25, 0.3) is 0 Å². The minimum atomic E-state index is -1.79. The molecule has 0 fully saturated rings. The Labute approximate surface area is 150 Å². The molecule has 0 aliphatic heterocycles. The molecule has 0 unspecified atom stereocenters. The summed E-state index contributed by atoms with van der Waals surface area (Å²) >= 11 is 0. The first kappa shape index (κ1) is 24.0. The second kappa shape index (κ2) is 15.3. The summed E-state index contributed by atoms with van der Waals surface area (Å²) in [4.78, 5) is 22.6. The van der Waals surface area contributed by atoms with Crippen molar-refractivity contribution >= 4 is 12.3 Å². The maximum absolute atomic E-state index is 11.7. The summed E-state index contributed by atoms with van der Waals surface area (Å²) in [6.45, 7) is 1.40. The molecule has 25 heavy (non-hydrogen) atoms. The van der Waals surface area contributed by atoms with E-state index >= 15 is 0 Å². The summed E-state index contributed by atoms with van der Waals surface area (Å²) in [5.41, 5.74) is 0. The average Bonchev–Trinajstić information content (AvgIpc) is 2.62. The SMILES string of the molecule is CCCCCCCCCCCC(=O)O[C@@H](C=O)[C@@H](O)[C@@H](O)[C@H](O)CO. The molecule has 0 rings (SSSR count). The molecule has 0 bridgehead atoms. The summed E-state index contributed by atoms with van der Waals surface area (Å²) in [5.74, 6) is -0.634. The zero-order valence-electron chi connectivity index (χ0n) is 15.2. The summed E-state index contributed by atoms with van der Waals surface area (Å²) in [7, 11) is 0. The summed E-state index contributed by atoms with van der Waals surface area (Å²) in [5, 5.41) is 37.2. The molecule has 0 radical (unpaired) electrons.